The lowest BCUT2D eigenvalue weighted by Gasteiger charge is -2.55. The van der Waals surface area contributed by atoms with Crippen molar-refractivity contribution in [2.24, 2.45) is 5.92 Å². The summed E-state index contributed by atoms with van der Waals surface area (Å²) in [5.74, 6) is 0.734. The van der Waals surface area contributed by atoms with Crippen molar-refractivity contribution in [2.45, 2.75) is 52.0 Å². The van der Waals surface area contributed by atoms with Crippen molar-refractivity contribution in [1.82, 2.24) is 25.1 Å². The van der Waals surface area contributed by atoms with E-state index in [1.54, 1.807) is 29.1 Å². The minimum Gasteiger partial charge on any atom is -0.497 e. The number of hydrogen-bond acceptors (Lipinski definition) is 5. The number of piperazine rings is 1. The number of ether oxygens (including phenoxy) is 1. The quantitative estimate of drug-likeness (QED) is 0.622. The zero-order valence-electron chi connectivity index (χ0n) is 22.3. The lowest BCUT2D eigenvalue weighted by molar-refractivity contribution is -0.190. The van der Waals surface area contributed by atoms with Crippen molar-refractivity contribution >= 4 is 17.8 Å². The van der Waals surface area contributed by atoms with Gasteiger partial charge in [-0.05, 0) is 42.5 Å². The first-order chi connectivity index (χ1) is 17.7. The van der Waals surface area contributed by atoms with Gasteiger partial charge in [0, 0.05) is 13.6 Å². The molecule has 1 unspecified atom stereocenters. The van der Waals surface area contributed by atoms with Crippen molar-refractivity contribution in [3.05, 3.63) is 65.7 Å². The Morgan fingerprint density at radius 2 is 1.73 bits per heavy atom. The summed E-state index contributed by atoms with van der Waals surface area (Å²) in [4.78, 5) is 44.1. The summed E-state index contributed by atoms with van der Waals surface area (Å²) < 4.78 is 5.21. The zero-order chi connectivity index (χ0) is 26.7. The molecule has 4 amide bonds. The Balaban J connectivity index is 1.61. The van der Waals surface area contributed by atoms with Gasteiger partial charge in [-0.1, -0.05) is 56.3 Å². The molecule has 0 aliphatic carbocycles. The van der Waals surface area contributed by atoms with Gasteiger partial charge in [0.2, 0.25) is 11.8 Å². The maximum atomic E-state index is 13.8. The summed E-state index contributed by atoms with van der Waals surface area (Å²) in [6.45, 7) is 6.67. The first-order valence-corrected chi connectivity index (χ1v) is 12.8. The van der Waals surface area contributed by atoms with E-state index in [4.69, 9.17) is 4.74 Å². The van der Waals surface area contributed by atoms with E-state index in [0.717, 1.165) is 16.9 Å². The minimum absolute atomic E-state index is 0.0303. The molecule has 0 spiro atoms. The Morgan fingerprint density at radius 1 is 1.05 bits per heavy atom. The second-order valence-corrected chi connectivity index (χ2v) is 10.2. The topological polar surface area (TPSA) is 85.4 Å². The highest BCUT2D eigenvalue weighted by Gasteiger charge is 2.51. The third kappa shape index (κ3) is 5.56. The molecular formula is C28H37N5O4. The maximum Gasteiger partial charge on any atom is 0.334 e. The fourth-order valence-corrected chi connectivity index (χ4v) is 5.20. The monoisotopic (exact) mass is 507 g/mol. The Morgan fingerprint density at radius 3 is 2.35 bits per heavy atom. The van der Waals surface area contributed by atoms with Crippen LogP contribution in [0.2, 0.25) is 0 Å². The van der Waals surface area contributed by atoms with Gasteiger partial charge in [0.1, 0.15) is 18.0 Å². The lowest BCUT2D eigenvalue weighted by Crippen LogP contribution is -2.76. The first kappa shape index (κ1) is 26.5. The van der Waals surface area contributed by atoms with Crippen LogP contribution in [0.3, 0.4) is 0 Å². The number of urea groups is 1. The van der Waals surface area contributed by atoms with Gasteiger partial charge in [-0.3, -0.25) is 9.59 Å². The van der Waals surface area contributed by atoms with Crippen LogP contribution in [0.5, 0.6) is 5.75 Å². The van der Waals surface area contributed by atoms with Crippen LogP contribution in [0.4, 0.5) is 4.79 Å². The molecule has 4 rings (SSSR count). The van der Waals surface area contributed by atoms with E-state index in [-0.39, 0.29) is 42.9 Å². The van der Waals surface area contributed by atoms with Gasteiger partial charge in [0.15, 0.2) is 0 Å². The Labute approximate surface area is 218 Å². The van der Waals surface area contributed by atoms with Crippen molar-refractivity contribution in [2.75, 3.05) is 27.2 Å². The number of fused-ring (bicyclic) bond motifs is 1. The van der Waals surface area contributed by atoms with Crippen molar-refractivity contribution < 1.29 is 19.1 Å². The molecule has 2 heterocycles. The van der Waals surface area contributed by atoms with Gasteiger partial charge in [0.25, 0.3) is 0 Å². The highest BCUT2D eigenvalue weighted by atomic mass is 16.5. The van der Waals surface area contributed by atoms with Gasteiger partial charge >= 0.3 is 6.03 Å². The van der Waals surface area contributed by atoms with Crippen LogP contribution in [0.15, 0.2) is 54.6 Å². The standard InChI is InChI=1S/C28H37N5O4/c1-19(2)15-24-27(35)31(20(3)22-9-7-6-8-10-22)17-25-32(24)26(34)18-30(4)33(25)28(36)29-16-21-11-13-23(37-5)14-12-21/h6-14,19-20,24-25H,15-18H2,1-5H3,(H,29,36)/t20-,24-,25?/m0/s1. The number of hydrazine groups is 1. The number of nitrogens with one attached hydrogen (secondary N) is 1. The fraction of sp³-hybridized carbons (Fsp3) is 0.464. The smallest absolute Gasteiger partial charge is 0.334 e. The van der Waals surface area contributed by atoms with Crippen LogP contribution in [-0.4, -0.2) is 77.1 Å². The predicted molar refractivity (Wildman–Crippen MR) is 140 cm³/mol. The summed E-state index contributed by atoms with van der Waals surface area (Å²) in [6.07, 6.45) is -0.0703. The van der Waals surface area contributed by atoms with E-state index in [1.165, 1.54) is 0 Å². The first-order valence-electron chi connectivity index (χ1n) is 12.8. The van der Waals surface area contributed by atoms with E-state index in [1.807, 2.05) is 80.3 Å². The molecule has 3 atom stereocenters. The molecular weight excluding hydrogens is 470 g/mol. The molecule has 2 aromatic rings. The summed E-state index contributed by atoms with van der Waals surface area (Å²) in [5.41, 5.74) is 1.94. The second kappa shape index (κ2) is 11.2. The second-order valence-electron chi connectivity index (χ2n) is 10.2. The predicted octanol–water partition coefficient (Wildman–Crippen LogP) is 3.24. The molecule has 9 nitrogen and oxygen atoms in total. The van der Waals surface area contributed by atoms with E-state index in [9.17, 15) is 14.4 Å². The van der Waals surface area contributed by atoms with Gasteiger partial charge < -0.3 is 19.9 Å². The third-order valence-electron chi connectivity index (χ3n) is 7.14. The number of amides is 4. The average molecular weight is 508 g/mol. The highest BCUT2D eigenvalue weighted by molar-refractivity contribution is 5.91. The van der Waals surface area contributed by atoms with E-state index in [2.05, 4.69) is 5.32 Å². The SMILES string of the molecule is COc1ccc(CNC(=O)N2C3CN([C@@H](C)c4ccccc4)C(=O)[C@H](CC(C)C)N3C(=O)CN2C)cc1. The number of methoxy groups -OCH3 is 1. The largest absolute Gasteiger partial charge is 0.497 e. The van der Waals surface area contributed by atoms with E-state index >= 15 is 0 Å². The molecule has 2 aliphatic heterocycles. The highest BCUT2D eigenvalue weighted by Crippen LogP contribution is 2.33. The number of carbonyl (C=O) groups is 3. The molecule has 0 bridgehead atoms. The summed E-state index contributed by atoms with van der Waals surface area (Å²) in [6, 6.07) is 16.2. The Kier molecular flexibility index (Phi) is 8.02. The Hall–Kier alpha value is -3.59. The average Bonchev–Trinajstić information content (AvgIpc) is 2.88. The number of benzene rings is 2. The molecule has 1 N–H and O–H groups in total. The van der Waals surface area contributed by atoms with Gasteiger partial charge in [-0.2, -0.15) is 0 Å². The number of rotatable bonds is 7. The van der Waals surface area contributed by atoms with E-state index < -0.39 is 12.2 Å². The normalized spacial score (nSPS) is 21.2. The molecule has 2 aliphatic rings. The maximum absolute atomic E-state index is 13.8. The molecule has 0 saturated carbocycles. The number of likely N-dealkylation sites (N-methyl/N-ethyl adjacent to an activating group) is 1. The zero-order valence-corrected chi connectivity index (χ0v) is 22.3. The number of hydrogen-bond donors (Lipinski definition) is 1. The number of nitrogens with zero attached hydrogens (tertiary/aromatic N) is 4. The van der Waals surface area contributed by atoms with Crippen molar-refractivity contribution in [1.29, 1.82) is 0 Å². The number of carbonyl (C=O) groups excluding carboxylic acids is 3. The van der Waals surface area contributed by atoms with Crippen LogP contribution < -0.4 is 10.1 Å². The summed E-state index contributed by atoms with van der Waals surface area (Å²) in [5, 5.41) is 6.24. The van der Waals surface area contributed by atoms with Crippen LogP contribution in [0.25, 0.3) is 0 Å². The molecule has 2 fully saturated rings. The third-order valence-corrected chi connectivity index (χ3v) is 7.14. The van der Waals surface area contributed by atoms with Crippen LogP contribution in [0, 0.1) is 5.92 Å². The van der Waals surface area contributed by atoms with Gasteiger partial charge in [0.05, 0.1) is 26.2 Å². The summed E-state index contributed by atoms with van der Waals surface area (Å²) >= 11 is 0. The van der Waals surface area contributed by atoms with Crippen molar-refractivity contribution in [3.63, 3.8) is 0 Å². The minimum atomic E-state index is -0.622. The molecule has 9 heteroatoms. The van der Waals surface area contributed by atoms with Crippen LogP contribution in [0.1, 0.15) is 44.4 Å². The van der Waals surface area contributed by atoms with Crippen LogP contribution >= 0.6 is 0 Å². The fourth-order valence-electron chi connectivity index (χ4n) is 5.20. The van der Waals surface area contributed by atoms with E-state index in [0.29, 0.717) is 13.0 Å². The molecule has 198 valence electrons. The summed E-state index contributed by atoms with van der Waals surface area (Å²) in [7, 11) is 3.35. The molecule has 2 aromatic carbocycles. The van der Waals surface area contributed by atoms with Gasteiger partial charge in [-0.15, -0.1) is 0 Å². The lowest BCUT2D eigenvalue weighted by atomic mass is 9.95. The van der Waals surface area contributed by atoms with Crippen LogP contribution in [-0.2, 0) is 16.1 Å². The van der Waals surface area contributed by atoms with Crippen molar-refractivity contribution in [3.8, 4) is 5.75 Å². The molecule has 0 radical (unpaired) electrons. The molecule has 2 saturated heterocycles. The molecule has 0 aromatic heterocycles. The molecule has 37 heavy (non-hydrogen) atoms. The van der Waals surface area contributed by atoms with Gasteiger partial charge in [-0.25, -0.2) is 14.8 Å². The Bertz CT molecular complexity index is 1110.